The van der Waals surface area contributed by atoms with E-state index in [-0.39, 0.29) is 17.0 Å². The highest BCUT2D eigenvalue weighted by atomic mass is 15.1. The Bertz CT molecular complexity index is 4040. The van der Waals surface area contributed by atoms with Crippen molar-refractivity contribution in [3.63, 3.8) is 0 Å². The maximum atomic E-state index is 10.8. The van der Waals surface area contributed by atoms with E-state index in [0.717, 1.165) is 67.2 Å². The molecule has 0 aliphatic carbocycles. The van der Waals surface area contributed by atoms with Gasteiger partial charge in [0.15, 0.2) is 5.82 Å². The number of hydrogen-bond donors (Lipinski definition) is 0. The molecule has 0 saturated carbocycles. The SMILES string of the molecule is N#Cc1ccccc1-c1cc(-c2c(C#N)cc(-c3ccc(-n4c5ccc(N(c6ccccc6)c6ccccc6)cc5c5cc(N(c6ccccc6)c6ccccc6)ccc54)cc3)cc2C#N)nc(-c2ccccc2C#N)n1. The summed E-state index contributed by atoms with van der Waals surface area (Å²) in [6, 6.07) is 91.6. The van der Waals surface area contributed by atoms with E-state index in [9.17, 15) is 21.0 Å². The lowest BCUT2D eigenvalue weighted by Gasteiger charge is -2.26. The molecule has 9 nitrogen and oxygen atoms in total. The van der Waals surface area contributed by atoms with Gasteiger partial charge in [-0.05, 0) is 145 Å². The van der Waals surface area contributed by atoms with Crippen molar-refractivity contribution in [1.29, 1.82) is 21.0 Å². The quantitative estimate of drug-likeness (QED) is 0.125. The number of nitriles is 4. The van der Waals surface area contributed by atoms with E-state index >= 15 is 0 Å². The fourth-order valence-corrected chi connectivity index (χ4v) is 10.2. The highest BCUT2D eigenvalue weighted by Gasteiger charge is 2.23. The minimum atomic E-state index is 0.224. The second-order valence-corrected chi connectivity index (χ2v) is 18.2. The Hall–Kier alpha value is -11.4. The van der Waals surface area contributed by atoms with Crippen molar-refractivity contribution < 1.29 is 0 Å². The van der Waals surface area contributed by atoms with Crippen LogP contribution < -0.4 is 9.80 Å². The molecule has 0 radical (unpaired) electrons. The lowest BCUT2D eigenvalue weighted by atomic mass is 9.92. The van der Waals surface area contributed by atoms with Crippen LogP contribution in [0.4, 0.5) is 34.1 Å². The van der Waals surface area contributed by atoms with Crippen molar-refractivity contribution in [2.24, 2.45) is 0 Å². The van der Waals surface area contributed by atoms with Crippen LogP contribution in [0, 0.1) is 45.3 Å². The third-order valence-corrected chi connectivity index (χ3v) is 13.7. The van der Waals surface area contributed by atoms with E-state index < -0.39 is 0 Å². The number of para-hydroxylation sites is 4. The van der Waals surface area contributed by atoms with Gasteiger partial charge in [0.1, 0.15) is 0 Å². The van der Waals surface area contributed by atoms with Crippen molar-refractivity contribution in [1.82, 2.24) is 14.5 Å². The van der Waals surface area contributed by atoms with Crippen LogP contribution in [0.15, 0.2) is 249 Å². The molecule has 77 heavy (non-hydrogen) atoms. The summed E-state index contributed by atoms with van der Waals surface area (Å²) in [6.45, 7) is 0. The zero-order valence-corrected chi connectivity index (χ0v) is 41.2. The van der Waals surface area contributed by atoms with Gasteiger partial charge in [0.2, 0.25) is 0 Å². The monoisotopic (exact) mass is 983 g/mol. The summed E-state index contributed by atoms with van der Waals surface area (Å²) in [5, 5.41) is 44.0. The Labute approximate surface area is 445 Å². The first-order chi connectivity index (χ1) is 38.0. The number of aromatic nitrogens is 3. The predicted molar refractivity (Wildman–Crippen MR) is 306 cm³/mol. The molecule has 9 heteroatoms. The number of anilines is 6. The first-order valence-corrected chi connectivity index (χ1v) is 24.9. The summed E-state index contributed by atoms with van der Waals surface area (Å²) in [5.74, 6) is 0.224. The molecule has 0 saturated heterocycles. The molecule has 0 fully saturated rings. The topological polar surface area (TPSA) is 132 Å². The van der Waals surface area contributed by atoms with E-state index in [1.165, 1.54) is 0 Å². The number of hydrogen-bond acceptors (Lipinski definition) is 8. The summed E-state index contributed by atoms with van der Waals surface area (Å²) in [6.07, 6.45) is 0. The van der Waals surface area contributed by atoms with Crippen LogP contribution in [0.3, 0.4) is 0 Å². The van der Waals surface area contributed by atoms with E-state index in [1.54, 1.807) is 60.7 Å². The largest absolute Gasteiger partial charge is 0.310 e. The van der Waals surface area contributed by atoms with Crippen LogP contribution in [0.1, 0.15) is 22.3 Å². The Morgan fingerprint density at radius 3 is 1.18 bits per heavy atom. The van der Waals surface area contributed by atoms with Crippen LogP contribution in [0.2, 0.25) is 0 Å². The molecule has 0 bridgehead atoms. The summed E-state index contributed by atoms with van der Waals surface area (Å²) < 4.78 is 2.29. The molecule has 0 unspecified atom stereocenters. The molecule has 0 spiro atoms. The van der Waals surface area contributed by atoms with Gasteiger partial charge >= 0.3 is 0 Å². The normalized spacial score (nSPS) is 10.8. The van der Waals surface area contributed by atoms with Crippen LogP contribution in [-0.2, 0) is 0 Å². The zero-order valence-electron chi connectivity index (χ0n) is 41.2. The van der Waals surface area contributed by atoms with E-state index in [4.69, 9.17) is 9.97 Å². The highest BCUT2D eigenvalue weighted by Crippen LogP contribution is 2.43. The zero-order chi connectivity index (χ0) is 52.2. The van der Waals surface area contributed by atoms with E-state index in [1.807, 2.05) is 42.5 Å². The Morgan fingerprint density at radius 1 is 0.325 bits per heavy atom. The van der Waals surface area contributed by atoms with Crippen LogP contribution in [0.25, 0.3) is 72.5 Å². The summed E-state index contributed by atoms with van der Waals surface area (Å²) >= 11 is 0. The number of nitrogens with zero attached hydrogens (tertiary/aromatic N) is 9. The molecule has 358 valence electrons. The van der Waals surface area contributed by atoms with E-state index in [2.05, 4.69) is 184 Å². The smallest absolute Gasteiger partial charge is 0.161 e. The fourth-order valence-electron chi connectivity index (χ4n) is 10.2. The Kier molecular flexibility index (Phi) is 12.3. The van der Waals surface area contributed by atoms with Gasteiger partial charge in [-0.25, -0.2) is 9.97 Å². The summed E-state index contributed by atoms with van der Waals surface area (Å²) in [7, 11) is 0. The van der Waals surface area contributed by atoms with Gasteiger partial charge in [-0.15, -0.1) is 0 Å². The van der Waals surface area contributed by atoms with Crippen molar-refractivity contribution in [2.45, 2.75) is 0 Å². The molecular weight excluding hydrogens is 943 g/mol. The summed E-state index contributed by atoms with van der Waals surface area (Å²) in [4.78, 5) is 14.3. The molecule has 0 atom stereocenters. The van der Waals surface area contributed by atoms with Gasteiger partial charge < -0.3 is 14.4 Å². The Balaban J connectivity index is 0.998. The Morgan fingerprint density at radius 2 is 0.727 bits per heavy atom. The van der Waals surface area contributed by atoms with Gasteiger partial charge in [-0.2, -0.15) is 21.0 Å². The average Bonchev–Trinajstić information content (AvgIpc) is 3.87. The second kappa shape index (κ2) is 20.3. The standard InChI is InChI=1S/C68H41N9/c69-42-47-17-13-15-27-59(47)63-41-64(74-68(73-63)60-28-16-14-18-48(60)43-70)67-50(44-71)37-49(38-51(67)45-72)46-29-31-56(32-30-46)77-65-35-33-57(75(52-19-5-1-6-20-52)53-21-7-2-8-22-53)39-61(65)62-40-58(34-36-66(62)77)76(54-23-9-3-10-24-54)55-25-11-4-12-26-55/h1-41H. The van der Waals surface area contributed by atoms with Crippen molar-refractivity contribution in [2.75, 3.05) is 9.80 Å². The average molecular weight is 984 g/mol. The number of rotatable bonds is 11. The van der Waals surface area contributed by atoms with Crippen LogP contribution in [0.5, 0.6) is 0 Å². The van der Waals surface area contributed by atoms with Gasteiger partial charge in [0, 0.05) is 67.3 Å². The molecule has 12 aromatic rings. The minimum Gasteiger partial charge on any atom is -0.310 e. The first-order valence-electron chi connectivity index (χ1n) is 24.9. The molecule has 2 heterocycles. The second-order valence-electron chi connectivity index (χ2n) is 18.2. The lowest BCUT2D eigenvalue weighted by molar-refractivity contribution is 1.17. The van der Waals surface area contributed by atoms with Crippen LogP contribution >= 0.6 is 0 Å². The molecule has 0 N–H and O–H groups in total. The van der Waals surface area contributed by atoms with Gasteiger partial charge in [0.25, 0.3) is 0 Å². The fraction of sp³-hybridized carbons (Fsp3) is 0. The number of fused-ring (bicyclic) bond motifs is 3. The predicted octanol–water partition coefficient (Wildman–Crippen LogP) is 16.7. The first kappa shape index (κ1) is 46.7. The summed E-state index contributed by atoms with van der Waals surface area (Å²) in [5.41, 5.74) is 13.9. The molecule has 2 aromatic heterocycles. The molecular formula is C68H41N9. The third kappa shape index (κ3) is 8.71. The maximum absolute atomic E-state index is 10.8. The molecule has 0 amide bonds. The highest BCUT2D eigenvalue weighted by molar-refractivity contribution is 6.12. The number of benzene rings is 10. The van der Waals surface area contributed by atoms with E-state index in [0.29, 0.717) is 44.8 Å². The van der Waals surface area contributed by atoms with Gasteiger partial charge in [-0.1, -0.05) is 115 Å². The van der Waals surface area contributed by atoms with Crippen molar-refractivity contribution >= 4 is 55.9 Å². The molecule has 0 aliphatic rings. The molecule has 10 aromatic carbocycles. The van der Waals surface area contributed by atoms with Gasteiger partial charge in [0.05, 0.1) is 69.0 Å². The third-order valence-electron chi connectivity index (χ3n) is 13.7. The molecule has 0 aliphatic heterocycles. The van der Waals surface area contributed by atoms with Crippen molar-refractivity contribution in [3.05, 3.63) is 271 Å². The van der Waals surface area contributed by atoms with Gasteiger partial charge in [-0.3, -0.25) is 0 Å². The lowest BCUT2D eigenvalue weighted by Crippen LogP contribution is -2.09. The van der Waals surface area contributed by atoms with Crippen molar-refractivity contribution in [3.8, 4) is 75.0 Å². The van der Waals surface area contributed by atoms with Crippen LogP contribution in [-0.4, -0.2) is 14.5 Å². The minimum absolute atomic E-state index is 0.224. The maximum Gasteiger partial charge on any atom is 0.161 e. The molecule has 12 rings (SSSR count).